The van der Waals surface area contributed by atoms with E-state index < -0.39 is 0 Å². The van der Waals surface area contributed by atoms with Gasteiger partial charge in [-0.1, -0.05) is 27.7 Å². The van der Waals surface area contributed by atoms with Gasteiger partial charge in [-0.05, 0) is 75.8 Å². The number of carbonyl (C=O) groups excluding carboxylic acids is 1. The Bertz CT molecular complexity index is 379. The summed E-state index contributed by atoms with van der Waals surface area (Å²) in [5.41, 5.74) is 0. The standard InChI is InChI=1S/C21H40N2O/c1-6-17(4)21(24)22(5)20-9-7-18(8-10-20)15-23-13-11-19(12-14-23)16(2)3/h16-20H,6-15H2,1-5H3. The molecule has 3 heteroatoms. The lowest BCUT2D eigenvalue weighted by atomic mass is 9.83. The van der Waals surface area contributed by atoms with Gasteiger partial charge in [0.15, 0.2) is 0 Å². The second-order valence-corrected chi connectivity index (χ2v) is 8.82. The monoisotopic (exact) mass is 336 g/mol. The van der Waals surface area contributed by atoms with Gasteiger partial charge in [0.1, 0.15) is 0 Å². The maximum absolute atomic E-state index is 12.4. The molecule has 1 unspecified atom stereocenters. The van der Waals surface area contributed by atoms with Crippen LogP contribution in [0.25, 0.3) is 0 Å². The van der Waals surface area contributed by atoms with Crippen molar-refractivity contribution in [1.29, 1.82) is 0 Å². The fraction of sp³-hybridized carbons (Fsp3) is 0.952. The fourth-order valence-corrected chi connectivity index (χ4v) is 4.58. The molecule has 0 bridgehead atoms. The molecule has 1 aliphatic carbocycles. The SMILES string of the molecule is CCC(C)C(=O)N(C)C1CCC(CN2CCC(C(C)C)CC2)CC1. The molecule has 2 rings (SSSR count). The predicted molar refractivity (Wildman–Crippen MR) is 102 cm³/mol. The van der Waals surface area contributed by atoms with Crippen molar-refractivity contribution < 1.29 is 4.79 Å². The third-order valence-corrected chi connectivity index (χ3v) is 6.84. The number of rotatable bonds is 6. The third-order valence-electron chi connectivity index (χ3n) is 6.84. The number of carbonyl (C=O) groups is 1. The lowest BCUT2D eigenvalue weighted by molar-refractivity contribution is -0.136. The van der Waals surface area contributed by atoms with Crippen LogP contribution in [0.5, 0.6) is 0 Å². The smallest absolute Gasteiger partial charge is 0.225 e. The van der Waals surface area contributed by atoms with Crippen molar-refractivity contribution in [3.8, 4) is 0 Å². The van der Waals surface area contributed by atoms with Gasteiger partial charge in [0.2, 0.25) is 5.91 Å². The molecular formula is C21H40N2O. The minimum atomic E-state index is 0.176. The largest absolute Gasteiger partial charge is 0.343 e. The lowest BCUT2D eigenvalue weighted by Gasteiger charge is -2.39. The van der Waals surface area contributed by atoms with Crippen LogP contribution in [-0.2, 0) is 4.79 Å². The zero-order valence-corrected chi connectivity index (χ0v) is 16.8. The highest BCUT2D eigenvalue weighted by Crippen LogP contribution is 2.30. The topological polar surface area (TPSA) is 23.6 Å². The molecule has 140 valence electrons. The molecule has 0 aromatic heterocycles. The van der Waals surface area contributed by atoms with Gasteiger partial charge in [-0.25, -0.2) is 0 Å². The summed E-state index contributed by atoms with van der Waals surface area (Å²) in [5.74, 6) is 3.16. The number of likely N-dealkylation sites (tertiary alicyclic amines) is 1. The van der Waals surface area contributed by atoms with Gasteiger partial charge in [0, 0.05) is 25.6 Å². The third kappa shape index (κ3) is 5.21. The Kier molecular flexibility index (Phi) is 7.59. The second-order valence-electron chi connectivity index (χ2n) is 8.82. The number of amides is 1. The molecule has 0 aromatic rings. The zero-order chi connectivity index (χ0) is 17.7. The Balaban J connectivity index is 1.70. The number of piperidine rings is 1. The average Bonchev–Trinajstić information content (AvgIpc) is 2.61. The van der Waals surface area contributed by atoms with E-state index in [4.69, 9.17) is 0 Å². The van der Waals surface area contributed by atoms with Crippen molar-refractivity contribution in [2.24, 2.45) is 23.7 Å². The first kappa shape index (κ1) is 19.8. The van der Waals surface area contributed by atoms with Gasteiger partial charge in [-0.15, -0.1) is 0 Å². The van der Waals surface area contributed by atoms with E-state index in [1.807, 2.05) is 7.05 Å². The van der Waals surface area contributed by atoms with Crippen molar-refractivity contribution in [3.05, 3.63) is 0 Å². The molecule has 2 aliphatic rings. The first-order valence-electron chi connectivity index (χ1n) is 10.4. The molecule has 0 spiro atoms. The van der Waals surface area contributed by atoms with E-state index in [1.165, 1.54) is 58.2 Å². The van der Waals surface area contributed by atoms with Crippen LogP contribution >= 0.6 is 0 Å². The number of nitrogens with zero attached hydrogens (tertiary/aromatic N) is 2. The van der Waals surface area contributed by atoms with Crippen molar-refractivity contribution in [1.82, 2.24) is 9.80 Å². The molecule has 0 radical (unpaired) electrons. The number of hydrogen-bond donors (Lipinski definition) is 0. The molecule has 1 aliphatic heterocycles. The van der Waals surface area contributed by atoms with Crippen molar-refractivity contribution in [2.75, 3.05) is 26.7 Å². The van der Waals surface area contributed by atoms with Crippen molar-refractivity contribution in [2.45, 2.75) is 78.7 Å². The summed E-state index contributed by atoms with van der Waals surface area (Å²) in [6.07, 6.45) is 8.72. The Morgan fingerprint density at radius 2 is 1.62 bits per heavy atom. The Hall–Kier alpha value is -0.570. The summed E-state index contributed by atoms with van der Waals surface area (Å²) in [4.78, 5) is 17.1. The van der Waals surface area contributed by atoms with Gasteiger partial charge in [-0.3, -0.25) is 4.79 Å². The molecule has 24 heavy (non-hydrogen) atoms. The highest BCUT2D eigenvalue weighted by Gasteiger charge is 2.30. The van der Waals surface area contributed by atoms with E-state index in [-0.39, 0.29) is 5.92 Å². The Labute approximate surface area is 150 Å². The minimum absolute atomic E-state index is 0.176. The first-order chi connectivity index (χ1) is 11.4. The molecule has 1 saturated heterocycles. The van der Waals surface area contributed by atoms with Crippen molar-refractivity contribution in [3.63, 3.8) is 0 Å². The maximum Gasteiger partial charge on any atom is 0.225 e. The van der Waals surface area contributed by atoms with Crippen molar-refractivity contribution >= 4 is 5.91 Å². The van der Waals surface area contributed by atoms with Crippen LogP contribution in [0.2, 0.25) is 0 Å². The average molecular weight is 337 g/mol. The van der Waals surface area contributed by atoms with E-state index in [9.17, 15) is 4.79 Å². The highest BCUT2D eigenvalue weighted by atomic mass is 16.2. The van der Waals surface area contributed by atoms with Crippen LogP contribution in [0, 0.1) is 23.7 Å². The van der Waals surface area contributed by atoms with E-state index in [1.54, 1.807) is 0 Å². The summed E-state index contributed by atoms with van der Waals surface area (Å²) in [7, 11) is 2.02. The van der Waals surface area contributed by atoms with Crippen LogP contribution in [0.4, 0.5) is 0 Å². The van der Waals surface area contributed by atoms with Crippen LogP contribution in [-0.4, -0.2) is 48.4 Å². The molecule has 3 nitrogen and oxygen atoms in total. The summed E-state index contributed by atoms with van der Waals surface area (Å²) in [6, 6.07) is 0.481. The van der Waals surface area contributed by atoms with Gasteiger partial charge in [0.25, 0.3) is 0 Å². The van der Waals surface area contributed by atoms with Crippen LogP contribution in [0.15, 0.2) is 0 Å². The molecule has 0 aromatic carbocycles. The van der Waals surface area contributed by atoms with Gasteiger partial charge < -0.3 is 9.80 Å². The van der Waals surface area contributed by atoms with Gasteiger partial charge in [0.05, 0.1) is 0 Å². The maximum atomic E-state index is 12.4. The molecule has 2 fully saturated rings. The Morgan fingerprint density at radius 1 is 1.04 bits per heavy atom. The van der Waals surface area contributed by atoms with Gasteiger partial charge in [-0.2, -0.15) is 0 Å². The quantitative estimate of drug-likeness (QED) is 0.717. The van der Waals surface area contributed by atoms with E-state index in [2.05, 4.69) is 37.5 Å². The minimum Gasteiger partial charge on any atom is -0.343 e. The first-order valence-corrected chi connectivity index (χ1v) is 10.4. The van der Waals surface area contributed by atoms with E-state index in [0.717, 1.165) is 24.2 Å². The zero-order valence-electron chi connectivity index (χ0n) is 16.8. The molecule has 1 atom stereocenters. The van der Waals surface area contributed by atoms with E-state index >= 15 is 0 Å². The summed E-state index contributed by atoms with van der Waals surface area (Å²) in [6.45, 7) is 12.8. The van der Waals surface area contributed by atoms with E-state index in [0.29, 0.717) is 11.9 Å². The summed E-state index contributed by atoms with van der Waals surface area (Å²) < 4.78 is 0. The predicted octanol–water partition coefficient (Wildman–Crippen LogP) is 4.42. The van der Waals surface area contributed by atoms with Crippen LogP contribution in [0.3, 0.4) is 0 Å². The molecule has 0 N–H and O–H groups in total. The normalized spacial score (nSPS) is 28.1. The van der Waals surface area contributed by atoms with Crippen LogP contribution < -0.4 is 0 Å². The fourth-order valence-electron chi connectivity index (χ4n) is 4.58. The number of hydrogen-bond acceptors (Lipinski definition) is 2. The highest BCUT2D eigenvalue weighted by molar-refractivity contribution is 5.78. The lowest BCUT2D eigenvalue weighted by Crippen LogP contribution is -2.44. The molecule has 1 heterocycles. The second kappa shape index (κ2) is 9.22. The summed E-state index contributed by atoms with van der Waals surface area (Å²) in [5, 5.41) is 0. The molecule has 1 amide bonds. The summed E-state index contributed by atoms with van der Waals surface area (Å²) >= 11 is 0. The van der Waals surface area contributed by atoms with Crippen LogP contribution in [0.1, 0.15) is 72.6 Å². The Morgan fingerprint density at radius 3 is 2.12 bits per heavy atom. The molecular weight excluding hydrogens is 296 g/mol. The van der Waals surface area contributed by atoms with Gasteiger partial charge >= 0.3 is 0 Å². The molecule has 1 saturated carbocycles.